The second-order valence-electron chi connectivity index (χ2n) is 6.55. The number of rotatable bonds is 5. The van der Waals surface area contributed by atoms with Crippen LogP contribution in [-0.4, -0.2) is 55.5 Å². The van der Waals surface area contributed by atoms with Gasteiger partial charge < -0.3 is 9.47 Å². The van der Waals surface area contributed by atoms with E-state index in [4.69, 9.17) is 9.47 Å². The largest absolute Gasteiger partial charge is 0.497 e. The number of esters is 1. The quantitative estimate of drug-likeness (QED) is 0.586. The molecular weight excluding hydrogens is 336 g/mol. The molecule has 0 saturated carbocycles. The van der Waals surface area contributed by atoms with Crippen LogP contribution in [0.2, 0.25) is 0 Å². The summed E-state index contributed by atoms with van der Waals surface area (Å²) in [5, 5.41) is 0. The molecule has 26 heavy (non-hydrogen) atoms. The molecular formula is C19H24N2O5. The molecule has 2 aliphatic heterocycles. The topological polar surface area (TPSA) is 76.2 Å². The van der Waals surface area contributed by atoms with Crippen LogP contribution in [0.4, 0.5) is 5.69 Å². The van der Waals surface area contributed by atoms with Crippen LogP contribution < -0.4 is 9.64 Å². The summed E-state index contributed by atoms with van der Waals surface area (Å²) in [6, 6.07) is 6.48. The molecule has 1 aromatic carbocycles. The molecule has 1 unspecified atom stereocenters. The number of hydrogen-bond acceptors (Lipinski definition) is 6. The molecule has 7 heteroatoms. The van der Waals surface area contributed by atoms with Gasteiger partial charge in [0.15, 0.2) is 0 Å². The van der Waals surface area contributed by atoms with E-state index in [9.17, 15) is 14.4 Å². The zero-order chi connectivity index (χ0) is 18.7. The Labute approximate surface area is 152 Å². The molecule has 2 saturated heterocycles. The molecule has 1 atom stereocenters. The number of methoxy groups -OCH3 is 1. The lowest BCUT2D eigenvalue weighted by molar-refractivity contribution is -0.149. The number of ether oxygens (including phenoxy) is 2. The van der Waals surface area contributed by atoms with Gasteiger partial charge in [0.25, 0.3) is 5.91 Å². The van der Waals surface area contributed by atoms with E-state index in [0.29, 0.717) is 44.0 Å². The van der Waals surface area contributed by atoms with Gasteiger partial charge in [-0.25, -0.2) is 4.90 Å². The maximum atomic E-state index is 12.9. The summed E-state index contributed by atoms with van der Waals surface area (Å²) in [5.41, 5.74) is 0.531. The van der Waals surface area contributed by atoms with Gasteiger partial charge in [-0.05, 0) is 45.0 Å². The van der Waals surface area contributed by atoms with E-state index < -0.39 is 6.04 Å². The zero-order valence-electron chi connectivity index (χ0n) is 15.1. The highest BCUT2D eigenvalue weighted by molar-refractivity contribution is 6.22. The fraction of sp³-hybridized carbons (Fsp3) is 0.526. The van der Waals surface area contributed by atoms with Gasteiger partial charge in [0.05, 0.1) is 37.8 Å². The summed E-state index contributed by atoms with van der Waals surface area (Å²) in [6.07, 6.45) is 1.46. The molecule has 3 rings (SSSR count). The van der Waals surface area contributed by atoms with Gasteiger partial charge >= 0.3 is 5.97 Å². The molecule has 0 bridgehead atoms. The third-order valence-corrected chi connectivity index (χ3v) is 5.02. The molecule has 140 valence electrons. The lowest BCUT2D eigenvalue weighted by Crippen LogP contribution is -2.47. The van der Waals surface area contributed by atoms with E-state index >= 15 is 0 Å². The first-order valence-electron chi connectivity index (χ1n) is 8.96. The molecule has 2 aliphatic rings. The van der Waals surface area contributed by atoms with Gasteiger partial charge in [-0.2, -0.15) is 0 Å². The van der Waals surface area contributed by atoms with Gasteiger partial charge in [-0.1, -0.05) is 6.07 Å². The van der Waals surface area contributed by atoms with Gasteiger partial charge in [0.2, 0.25) is 5.91 Å². The second kappa shape index (κ2) is 7.86. The number of likely N-dealkylation sites (tertiary alicyclic amines) is 1. The molecule has 0 spiro atoms. The van der Waals surface area contributed by atoms with E-state index in [-0.39, 0.29) is 30.1 Å². The fourth-order valence-corrected chi connectivity index (χ4v) is 3.63. The van der Waals surface area contributed by atoms with Crippen LogP contribution in [0.5, 0.6) is 5.75 Å². The van der Waals surface area contributed by atoms with Gasteiger partial charge in [0, 0.05) is 6.07 Å². The predicted octanol–water partition coefficient (Wildman–Crippen LogP) is 1.60. The van der Waals surface area contributed by atoms with Gasteiger partial charge in [-0.3, -0.25) is 19.3 Å². The molecule has 0 aliphatic carbocycles. The normalized spacial score (nSPS) is 21.9. The maximum absolute atomic E-state index is 12.9. The van der Waals surface area contributed by atoms with Crippen molar-refractivity contribution in [2.75, 3.05) is 31.7 Å². The Bertz CT molecular complexity index is 697. The number of amides is 2. The highest BCUT2D eigenvalue weighted by Crippen LogP contribution is 2.30. The Morgan fingerprint density at radius 3 is 2.62 bits per heavy atom. The second-order valence-corrected chi connectivity index (χ2v) is 6.55. The molecule has 2 fully saturated rings. The number of piperidine rings is 1. The van der Waals surface area contributed by atoms with Crippen molar-refractivity contribution in [1.82, 2.24) is 4.90 Å². The van der Waals surface area contributed by atoms with Crippen LogP contribution in [0.3, 0.4) is 0 Å². The number of hydrogen-bond donors (Lipinski definition) is 0. The standard InChI is InChI=1S/C19H24N2O5/c1-3-26-19(24)13-7-9-20(10-8-13)16-12-17(22)21(18(16)23)14-5-4-6-15(11-14)25-2/h4-6,11,13,16H,3,7-10,12H2,1-2H3. The third kappa shape index (κ3) is 3.58. The van der Waals surface area contributed by atoms with Crippen molar-refractivity contribution >= 4 is 23.5 Å². The summed E-state index contributed by atoms with van der Waals surface area (Å²) in [7, 11) is 1.54. The first kappa shape index (κ1) is 18.4. The Morgan fingerprint density at radius 1 is 1.23 bits per heavy atom. The Morgan fingerprint density at radius 2 is 1.96 bits per heavy atom. The third-order valence-electron chi connectivity index (χ3n) is 5.02. The van der Waals surface area contributed by atoms with Crippen LogP contribution >= 0.6 is 0 Å². The molecule has 2 heterocycles. The molecule has 7 nitrogen and oxygen atoms in total. The van der Waals surface area contributed by atoms with Crippen molar-refractivity contribution in [3.05, 3.63) is 24.3 Å². The van der Waals surface area contributed by atoms with Crippen molar-refractivity contribution in [2.45, 2.75) is 32.2 Å². The predicted molar refractivity (Wildman–Crippen MR) is 94.8 cm³/mol. The summed E-state index contributed by atoms with van der Waals surface area (Å²) in [5.74, 6) is -0.104. The molecule has 0 N–H and O–H groups in total. The highest BCUT2D eigenvalue weighted by atomic mass is 16.5. The summed E-state index contributed by atoms with van der Waals surface area (Å²) < 4.78 is 10.3. The molecule has 0 aromatic heterocycles. The zero-order valence-corrected chi connectivity index (χ0v) is 15.1. The average molecular weight is 360 g/mol. The van der Waals surface area contributed by atoms with Crippen LogP contribution in [0.25, 0.3) is 0 Å². The van der Waals surface area contributed by atoms with Gasteiger partial charge in [-0.15, -0.1) is 0 Å². The van der Waals surface area contributed by atoms with Crippen molar-refractivity contribution in [1.29, 1.82) is 0 Å². The number of carbonyl (C=O) groups excluding carboxylic acids is 3. The lowest BCUT2D eigenvalue weighted by Gasteiger charge is -2.33. The van der Waals surface area contributed by atoms with Crippen LogP contribution in [-0.2, 0) is 19.1 Å². The highest BCUT2D eigenvalue weighted by Gasteiger charge is 2.44. The van der Waals surface area contributed by atoms with Crippen molar-refractivity contribution in [3.8, 4) is 5.75 Å². The number of carbonyl (C=O) groups is 3. The van der Waals surface area contributed by atoms with E-state index in [0.717, 1.165) is 0 Å². The van der Waals surface area contributed by atoms with Gasteiger partial charge in [0.1, 0.15) is 5.75 Å². The summed E-state index contributed by atoms with van der Waals surface area (Å²) in [4.78, 5) is 40.4. The number of imide groups is 1. The Balaban J connectivity index is 1.67. The number of anilines is 1. The minimum Gasteiger partial charge on any atom is -0.497 e. The smallest absolute Gasteiger partial charge is 0.309 e. The van der Waals surface area contributed by atoms with E-state index in [2.05, 4.69) is 0 Å². The minimum absolute atomic E-state index is 0.118. The first-order valence-corrected chi connectivity index (χ1v) is 8.96. The van der Waals surface area contributed by atoms with Crippen molar-refractivity contribution in [3.63, 3.8) is 0 Å². The minimum atomic E-state index is -0.461. The van der Waals surface area contributed by atoms with E-state index in [1.165, 1.54) is 4.90 Å². The fourth-order valence-electron chi connectivity index (χ4n) is 3.63. The van der Waals surface area contributed by atoms with Crippen LogP contribution in [0.1, 0.15) is 26.2 Å². The summed E-state index contributed by atoms with van der Waals surface area (Å²) >= 11 is 0. The monoisotopic (exact) mass is 360 g/mol. The Hall–Kier alpha value is -2.41. The lowest BCUT2D eigenvalue weighted by atomic mass is 9.95. The molecule has 0 radical (unpaired) electrons. The molecule has 2 amide bonds. The molecule has 1 aromatic rings. The average Bonchev–Trinajstić information content (AvgIpc) is 2.96. The van der Waals surface area contributed by atoms with E-state index in [1.54, 1.807) is 38.3 Å². The van der Waals surface area contributed by atoms with Crippen molar-refractivity contribution in [2.24, 2.45) is 5.92 Å². The number of nitrogens with zero attached hydrogens (tertiary/aromatic N) is 2. The van der Waals surface area contributed by atoms with Crippen LogP contribution in [0.15, 0.2) is 24.3 Å². The maximum Gasteiger partial charge on any atom is 0.309 e. The summed E-state index contributed by atoms with van der Waals surface area (Å²) in [6.45, 7) is 3.39. The number of benzene rings is 1. The SMILES string of the molecule is CCOC(=O)C1CCN(C2CC(=O)N(c3cccc(OC)c3)C2=O)CC1. The Kier molecular flexibility index (Phi) is 5.56. The van der Waals surface area contributed by atoms with Crippen LogP contribution in [0, 0.1) is 5.92 Å². The van der Waals surface area contributed by atoms with Crippen molar-refractivity contribution < 1.29 is 23.9 Å². The van der Waals surface area contributed by atoms with E-state index in [1.807, 2.05) is 4.90 Å². The first-order chi connectivity index (χ1) is 12.5.